The second-order valence-corrected chi connectivity index (χ2v) is 5.62. The summed E-state index contributed by atoms with van der Waals surface area (Å²) in [6.45, 7) is 2.32. The van der Waals surface area contributed by atoms with Crippen molar-refractivity contribution in [2.75, 3.05) is 19.6 Å². The van der Waals surface area contributed by atoms with Crippen molar-refractivity contribution in [1.82, 2.24) is 25.0 Å². The lowest BCUT2D eigenvalue weighted by atomic mass is 10.0. The first kappa shape index (κ1) is 14.7. The molecule has 1 unspecified atom stereocenters. The number of hydrogen-bond donors (Lipinski definition) is 1. The molecule has 1 fully saturated rings. The summed E-state index contributed by atoms with van der Waals surface area (Å²) in [5.41, 5.74) is 1.23. The highest BCUT2D eigenvalue weighted by Crippen LogP contribution is 2.17. The second kappa shape index (κ2) is 6.70. The summed E-state index contributed by atoms with van der Waals surface area (Å²) < 4.78 is 1.86. The fourth-order valence-electron chi connectivity index (χ4n) is 2.80. The quantitative estimate of drug-likeness (QED) is 0.912. The van der Waals surface area contributed by atoms with Gasteiger partial charge in [0.2, 0.25) is 5.91 Å². The van der Waals surface area contributed by atoms with Crippen LogP contribution in [0.5, 0.6) is 0 Å². The number of nitrogens with one attached hydrogen (secondary N) is 1. The molecule has 6 nitrogen and oxygen atoms in total. The predicted octanol–water partition coefficient (Wildman–Crippen LogP) is 0.921. The maximum Gasteiger partial charge on any atom is 0.223 e. The molecule has 1 aliphatic rings. The summed E-state index contributed by atoms with van der Waals surface area (Å²) in [5.74, 6) is 1.04. The Bertz CT molecular complexity index is 624. The Balaban J connectivity index is 1.57. The Morgan fingerprint density at radius 2 is 2.18 bits per heavy atom. The van der Waals surface area contributed by atoms with Crippen LogP contribution in [0.3, 0.4) is 0 Å². The van der Waals surface area contributed by atoms with Gasteiger partial charge >= 0.3 is 0 Å². The molecular weight excluding hydrogens is 278 g/mol. The molecule has 0 spiro atoms. The first-order valence-corrected chi connectivity index (χ1v) is 7.63. The molecule has 6 heteroatoms. The van der Waals surface area contributed by atoms with E-state index in [1.165, 1.54) is 5.56 Å². The van der Waals surface area contributed by atoms with Crippen molar-refractivity contribution in [1.29, 1.82) is 0 Å². The first-order chi connectivity index (χ1) is 10.7. The van der Waals surface area contributed by atoms with Gasteiger partial charge in [-0.1, -0.05) is 30.3 Å². The van der Waals surface area contributed by atoms with Crippen LogP contribution in [0, 0.1) is 0 Å². The monoisotopic (exact) mass is 299 g/mol. The number of hydrogen-bond acceptors (Lipinski definition) is 4. The molecule has 22 heavy (non-hydrogen) atoms. The van der Waals surface area contributed by atoms with Crippen molar-refractivity contribution in [3.8, 4) is 0 Å². The van der Waals surface area contributed by atoms with E-state index in [0.29, 0.717) is 12.8 Å². The Labute approximate surface area is 130 Å². The molecular formula is C16H21N5O. The molecule has 0 bridgehead atoms. The SMILES string of the molecule is Cn1cnnc1CCC(=O)N1CCNC(c2ccccc2)C1. The molecule has 1 aromatic heterocycles. The van der Waals surface area contributed by atoms with Crippen LogP contribution in [0.4, 0.5) is 0 Å². The van der Waals surface area contributed by atoms with Crippen LogP contribution in [-0.4, -0.2) is 45.2 Å². The molecule has 2 aromatic rings. The number of nitrogens with zero attached hydrogens (tertiary/aromatic N) is 4. The van der Waals surface area contributed by atoms with Crippen molar-refractivity contribution in [3.05, 3.63) is 48.0 Å². The van der Waals surface area contributed by atoms with Crippen LogP contribution in [-0.2, 0) is 18.3 Å². The van der Waals surface area contributed by atoms with Crippen LogP contribution in [0.15, 0.2) is 36.7 Å². The highest BCUT2D eigenvalue weighted by atomic mass is 16.2. The van der Waals surface area contributed by atoms with E-state index in [1.54, 1.807) is 6.33 Å². The van der Waals surface area contributed by atoms with Gasteiger partial charge in [-0.2, -0.15) is 0 Å². The molecule has 1 amide bonds. The molecule has 0 radical (unpaired) electrons. The zero-order valence-electron chi connectivity index (χ0n) is 12.8. The van der Waals surface area contributed by atoms with Gasteiger partial charge in [-0.05, 0) is 5.56 Å². The number of carbonyl (C=O) groups excluding carboxylic acids is 1. The summed E-state index contributed by atoms with van der Waals surface area (Å²) in [5, 5.41) is 11.3. The predicted molar refractivity (Wildman–Crippen MR) is 83.1 cm³/mol. The Morgan fingerprint density at radius 3 is 2.91 bits per heavy atom. The smallest absolute Gasteiger partial charge is 0.223 e. The molecule has 1 atom stereocenters. The summed E-state index contributed by atoms with van der Waals surface area (Å²) in [6, 6.07) is 10.5. The number of aromatic nitrogens is 3. The van der Waals surface area contributed by atoms with Crippen LogP contribution in [0.2, 0.25) is 0 Å². The number of piperazine rings is 1. The topological polar surface area (TPSA) is 63.1 Å². The normalized spacial score (nSPS) is 18.4. The minimum Gasteiger partial charge on any atom is -0.340 e. The molecule has 2 heterocycles. The van der Waals surface area contributed by atoms with Crippen molar-refractivity contribution in [2.24, 2.45) is 7.05 Å². The van der Waals surface area contributed by atoms with Crippen molar-refractivity contribution < 1.29 is 4.79 Å². The number of amides is 1. The van der Waals surface area contributed by atoms with Crippen LogP contribution >= 0.6 is 0 Å². The van der Waals surface area contributed by atoms with Crippen molar-refractivity contribution >= 4 is 5.91 Å². The lowest BCUT2D eigenvalue weighted by Gasteiger charge is -2.34. The maximum atomic E-state index is 12.4. The molecule has 116 valence electrons. The Hall–Kier alpha value is -2.21. The summed E-state index contributed by atoms with van der Waals surface area (Å²) in [7, 11) is 1.90. The Kier molecular flexibility index (Phi) is 4.48. The van der Waals surface area contributed by atoms with Crippen molar-refractivity contribution in [3.63, 3.8) is 0 Å². The number of rotatable bonds is 4. The minimum absolute atomic E-state index is 0.186. The molecule has 3 rings (SSSR count). The number of benzene rings is 1. The minimum atomic E-state index is 0.186. The van der Waals surface area contributed by atoms with Gasteiger partial charge in [-0.15, -0.1) is 10.2 Å². The van der Waals surface area contributed by atoms with Crippen molar-refractivity contribution in [2.45, 2.75) is 18.9 Å². The third-order valence-electron chi connectivity index (χ3n) is 4.10. The fraction of sp³-hybridized carbons (Fsp3) is 0.438. The van der Waals surface area contributed by atoms with E-state index in [9.17, 15) is 4.79 Å². The van der Waals surface area contributed by atoms with Gasteiger partial charge in [0, 0.05) is 45.6 Å². The third-order valence-corrected chi connectivity index (χ3v) is 4.10. The van der Waals surface area contributed by atoms with E-state index in [2.05, 4.69) is 27.6 Å². The van der Waals surface area contributed by atoms with Crippen LogP contribution in [0.1, 0.15) is 23.9 Å². The Morgan fingerprint density at radius 1 is 1.36 bits per heavy atom. The van der Waals surface area contributed by atoms with E-state index >= 15 is 0 Å². The number of aryl methyl sites for hydroxylation is 2. The van der Waals surface area contributed by atoms with Gasteiger partial charge in [0.15, 0.2) is 0 Å². The average molecular weight is 299 g/mol. The van der Waals surface area contributed by atoms with Gasteiger partial charge in [-0.3, -0.25) is 4.79 Å². The van der Waals surface area contributed by atoms with E-state index in [-0.39, 0.29) is 11.9 Å². The fourth-order valence-corrected chi connectivity index (χ4v) is 2.80. The van der Waals surface area contributed by atoms with Crippen LogP contribution < -0.4 is 5.32 Å². The van der Waals surface area contributed by atoms with E-state index in [0.717, 1.165) is 25.5 Å². The molecule has 1 N–H and O–H groups in total. The lowest BCUT2D eigenvalue weighted by Crippen LogP contribution is -2.48. The second-order valence-electron chi connectivity index (χ2n) is 5.62. The van der Waals surface area contributed by atoms with Gasteiger partial charge < -0.3 is 14.8 Å². The zero-order valence-corrected chi connectivity index (χ0v) is 12.8. The molecule has 0 aliphatic carbocycles. The van der Waals surface area contributed by atoms with E-state index in [4.69, 9.17) is 0 Å². The maximum absolute atomic E-state index is 12.4. The average Bonchev–Trinajstić information content (AvgIpc) is 2.99. The summed E-state index contributed by atoms with van der Waals surface area (Å²) in [4.78, 5) is 14.4. The zero-order chi connectivity index (χ0) is 15.4. The standard InChI is InChI=1S/C16H21N5O/c1-20-12-18-19-15(20)7-8-16(22)21-10-9-17-14(11-21)13-5-3-2-4-6-13/h2-6,12,14,17H,7-11H2,1H3. The van der Waals surface area contributed by atoms with E-state index in [1.807, 2.05) is 34.7 Å². The summed E-state index contributed by atoms with van der Waals surface area (Å²) in [6.07, 6.45) is 2.78. The molecule has 0 saturated carbocycles. The summed E-state index contributed by atoms with van der Waals surface area (Å²) >= 11 is 0. The molecule has 1 saturated heterocycles. The highest BCUT2D eigenvalue weighted by molar-refractivity contribution is 5.76. The lowest BCUT2D eigenvalue weighted by molar-refractivity contribution is -0.132. The molecule has 1 aromatic carbocycles. The van der Waals surface area contributed by atoms with Gasteiger partial charge in [0.25, 0.3) is 0 Å². The molecule has 1 aliphatic heterocycles. The number of carbonyl (C=O) groups is 1. The van der Waals surface area contributed by atoms with Crippen LogP contribution in [0.25, 0.3) is 0 Å². The largest absolute Gasteiger partial charge is 0.340 e. The highest BCUT2D eigenvalue weighted by Gasteiger charge is 2.24. The first-order valence-electron chi connectivity index (χ1n) is 7.63. The van der Waals surface area contributed by atoms with Gasteiger partial charge in [0.05, 0.1) is 0 Å². The van der Waals surface area contributed by atoms with Gasteiger partial charge in [0.1, 0.15) is 12.2 Å². The van der Waals surface area contributed by atoms with E-state index < -0.39 is 0 Å². The third kappa shape index (κ3) is 3.33. The van der Waals surface area contributed by atoms with Gasteiger partial charge in [-0.25, -0.2) is 0 Å².